The molecule has 0 aliphatic heterocycles. The van der Waals surface area contributed by atoms with Gasteiger partial charge in [0.05, 0.1) is 6.54 Å². The summed E-state index contributed by atoms with van der Waals surface area (Å²) in [7, 11) is 0. The third kappa shape index (κ3) is 2.70. The van der Waals surface area contributed by atoms with E-state index >= 15 is 0 Å². The SMILES string of the molecule is Cc1cccc([C@H](C)NCc2ncc[nH]2)c1. The molecule has 3 nitrogen and oxygen atoms in total. The van der Waals surface area contributed by atoms with Crippen LogP contribution in [-0.2, 0) is 6.54 Å². The highest BCUT2D eigenvalue weighted by atomic mass is 15.0. The molecule has 0 amide bonds. The molecule has 1 heterocycles. The molecule has 16 heavy (non-hydrogen) atoms. The Morgan fingerprint density at radius 2 is 2.31 bits per heavy atom. The van der Waals surface area contributed by atoms with Crippen molar-refractivity contribution in [1.82, 2.24) is 15.3 Å². The monoisotopic (exact) mass is 215 g/mol. The minimum atomic E-state index is 0.338. The number of aromatic amines is 1. The average molecular weight is 215 g/mol. The summed E-state index contributed by atoms with van der Waals surface area (Å²) in [4.78, 5) is 7.26. The Morgan fingerprint density at radius 1 is 1.44 bits per heavy atom. The first-order valence-electron chi connectivity index (χ1n) is 5.54. The van der Waals surface area contributed by atoms with Gasteiger partial charge in [-0.3, -0.25) is 0 Å². The Balaban J connectivity index is 1.95. The van der Waals surface area contributed by atoms with Crippen LogP contribution in [0.25, 0.3) is 0 Å². The molecule has 0 aliphatic carbocycles. The lowest BCUT2D eigenvalue weighted by atomic mass is 10.1. The quantitative estimate of drug-likeness (QED) is 0.823. The van der Waals surface area contributed by atoms with Gasteiger partial charge in [0.15, 0.2) is 0 Å². The van der Waals surface area contributed by atoms with Crippen LogP contribution in [0.2, 0.25) is 0 Å². The first-order chi connectivity index (χ1) is 7.75. The summed E-state index contributed by atoms with van der Waals surface area (Å²) >= 11 is 0. The molecular weight excluding hydrogens is 198 g/mol. The molecule has 3 heteroatoms. The Morgan fingerprint density at radius 3 is 3.00 bits per heavy atom. The summed E-state index contributed by atoms with van der Waals surface area (Å²) in [6.07, 6.45) is 3.61. The molecule has 2 rings (SSSR count). The zero-order valence-electron chi connectivity index (χ0n) is 9.70. The van der Waals surface area contributed by atoms with Gasteiger partial charge in [0.1, 0.15) is 5.82 Å². The molecule has 0 spiro atoms. The summed E-state index contributed by atoms with van der Waals surface area (Å²) in [6, 6.07) is 8.90. The van der Waals surface area contributed by atoms with Gasteiger partial charge in [-0.2, -0.15) is 0 Å². The van der Waals surface area contributed by atoms with Gasteiger partial charge in [-0.05, 0) is 19.4 Å². The molecule has 0 fully saturated rings. The third-order valence-corrected chi connectivity index (χ3v) is 2.67. The highest BCUT2D eigenvalue weighted by molar-refractivity contribution is 5.24. The molecule has 0 aliphatic rings. The molecule has 0 unspecified atom stereocenters. The van der Waals surface area contributed by atoms with Crippen LogP contribution in [-0.4, -0.2) is 9.97 Å². The van der Waals surface area contributed by atoms with E-state index in [1.54, 1.807) is 6.20 Å². The minimum absolute atomic E-state index is 0.338. The Bertz CT molecular complexity index is 434. The highest BCUT2D eigenvalue weighted by Crippen LogP contribution is 2.13. The molecule has 0 saturated carbocycles. The van der Waals surface area contributed by atoms with Gasteiger partial charge in [0.25, 0.3) is 0 Å². The van der Waals surface area contributed by atoms with Crippen LogP contribution in [0.5, 0.6) is 0 Å². The predicted molar refractivity (Wildman–Crippen MR) is 65.0 cm³/mol. The van der Waals surface area contributed by atoms with Crippen molar-refractivity contribution in [2.75, 3.05) is 0 Å². The van der Waals surface area contributed by atoms with Crippen LogP contribution >= 0.6 is 0 Å². The van der Waals surface area contributed by atoms with Crippen molar-refractivity contribution in [3.05, 3.63) is 53.6 Å². The topological polar surface area (TPSA) is 40.7 Å². The molecule has 1 atom stereocenters. The Labute approximate surface area is 95.9 Å². The smallest absolute Gasteiger partial charge is 0.120 e. The lowest BCUT2D eigenvalue weighted by molar-refractivity contribution is 0.561. The number of nitrogens with one attached hydrogen (secondary N) is 2. The lowest BCUT2D eigenvalue weighted by Crippen LogP contribution is -2.18. The van der Waals surface area contributed by atoms with E-state index in [4.69, 9.17) is 0 Å². The summed E-state index contributed by atoms with van der Waals surface area (Å²) in [5.74, 6) is 0.972. The summed E-state index contributed by atoms with van der Waals surface area (Å²) in [6.45, 7) is 5.04. The van der Waals surface area contributed by atoms with Crippen molar-refractivity contribution in [2.45, 2.75) is 26.4 Å². The van der Waals surface area contributed by atoms with Crippen LogP contribution in [0.1, 0.15) is 29.9 Å². The van der Waals surface area contributed by atoms with E-state index in [0.717, 1.165) is 12.4 Å². The van der Waals surface area contributed by atoms with E-state index in [2.05, 4.69) is 53.4 Å². The van der Waals surface area contributed by atoms with E-state index in [1.165, 1.54) is 11.1 Å². The highest BCUT2D eigenvalue weighted by Gasteiger charge is 2.05. The normalized spacial score (nSPS) is 12.6. The van der Waals surface area contributed by atoms with Gasteiger partial charge in [0, 0.05) is 18.4 Å². The van der Waals surface area contributed by atoms with E-state index < -0.39 is 0 Å². The Hall–Kier alpha value is -1.61. The number of imidazole rings is 1. The minimum Gasteiger partial charge on any atom is -0.348 e. The standard InChI is InChI=1S/C13H17N3/c1-10-4-3-5-12(8-10)11(2)16-9-13-14-6-7-15-13/h3-8,11,16H,9H2,1-2H3,(H,14,15)/t11-/m0/s1. The molecule has 2 aromatic rings. The van der Waals surface area contributed by atoms with E-state index in [0.29, 0.717) is 6.04 Å². The van der Waals surface area contributed by atoms with Gasteiger partial charge in [0.2, 0.25) is 0 Å². The summed E-state index contributed by atoms with van der Waals surface area (Å²) < 4.78 is 0. The zero-order chi connectivity index (χ0) is 11.4. The summed E-state index contributed by atoms with van der Waals surface area (Å²) in [5.41, 5.74) is 2.61. The molecule has 0 bridgehead atoms. The maximum atomic E-state index is 4.18. The maximum absolute atomic E-state index is 4.18. The van der Waals surface area contributed by atoms with Crippen LogP contribution in [0.4, 0.5) is 0 Å². The fourth-order valence-corrected chi connectivity index (χ4v) is 1.70. The van der Waals surface area contributed by atoms with E-state index in [9.17, 15) is 0 Å². The second kappa shape index (κ2) is 4.94. The molecule has 0 saturated heterocycles. The van der Waals surface area contributed by atoms with E-state index in [-0.39, 0.29) is 0 Å². The van der Waals surface area contributed by atoms with Crippen molar-refractivity contribution in [2.24, 2.45) is 0 Å². The predicted octanol–water partition coefficient (Wildman–Crippen LogP) is 2.57. The van der Waals surface area contributed by atoms with Crippen molar-refractivity contribution in [3.63, 3.8) is 0 Å². The number of benzene rings is 1. The molecule has 2 N–H and O–H groups in total. The average Bonchev–Trinajstić information content (AvgIpc) is 2.78. The number of hydrogen-bond donors (Lipinski definition) is 2. The van der Waals surface area contributed by atoms with Crippen molar-refractivity contribution < 1.29 is 0 Å². The number of aromatic nitrogens is 2. The number of aryl methyl sites for hydroxylation is 1. The van der Waals surface area contributed by atoms with Crippen LogP contribution in [0, 0.1) is 6.92 Å². The van der Waals surface area contributed by atoms with Gasteiger partial charge in [-0.1, -0.05) is 29.8 Å². The molecule has 0 radical (unpaired) electrons. The van der Waals surface area contributed by atoms with Gasteiger partial charge in [-0.15, -0.1) is 0 Å². The van der Waals surface area contributed by atoms with Crippen LogP contribution in [0.3, 0.4) is 0 Å². The molecule has 84 valence electrons. The first kappa shape index (κ1) is 10.9. The van der Waals surface area contributed by atoms with Crippen LogP contribution < -0.4 is 5.32 Å². The zero-order valence-corrected chi connectivity index (χ0v) is 9.70. The number of rotatable bonds is 4. The van der Waals surface area contributed by atoms with Gasteiger partial charge in [-0.25, -0.2) is 4.98 Å². The largest absolute Gasteiger partial charge is 0.348 e. The number of H-pyrrole nitrogens is 1. The molecular formula is C13H17N3. The first-order valence-corrected chi connectivity index (χ1v) is 5.54. The maximum Gasteiger partial charge on any atom is 0.120 e. The van der Waals surface area contributed by atoms with Crippen molar-refractivity contribution in [1.29, 1.82) is 0 Å². The van der Waals surface area contributed by atoms with E-state index in [1.807, 2.05) is 6.20 Å². The third-order valence-electron chi connectivity index (χ3n) is 2.67. The fourth-order valence-electron chi connectivity index (χ4n) is 1.70. The number of hydrogen-bond acceptors (Lipinski definition) is 2. The fraction of sp³-hybridized carbons (Fsp3) is 0.308. The van der Waals surface area contributed by atoms with Crippen molar-refractivity contribution >= 4 is 0 Å². The molecule has 1 aromatic carbocycles. The van der Waals surface area contributed by atoms with Gasteiger partial charge >= 0.3 is 0 Å². The summed E-state index contributed by atoms with van der Waals surface area (Å²) in [5, 5.41) is 3.43. The number of nitrogens with zero attached hydrogens (tertiary/aromatic N) is 1. The lowest BCUT2D eigenvalue weighted by Gasteiger charge is -2.13. The second-order valence-corrected chi connectivity index (χ2v) is 4.05. The Kier molecular flexibility index (Phi) is 3.37. The van der Waals surface area contributed by atoms with Gasteiger partial charge < -0.3 is 10.3 Å². The van der Waals surface area contributed by atoms with Crippen molar-refractivity contribution in [3.8, 4) is 0 Å². The molecule has 1 aromatic heterocycles. The second-order valence-electron chi connectivity index (χ2n) is 4.05. The van der Waals surface area contributed by atoms with Crippen LogP contribution in [0.15, 0.2) is 36.7 Å².